The number of pyridine rings is 1. The van der Waals surface area contributed by atoms with Crippen molar-refractivity contribution in [2.45, 2.75) is 0 Å². The Morgan fingerprint density at radius 1 is 0.941 bits per heavy atom. The Kier molecular flexibility index (Phi) is 3.00. The second-order valence-corrected chi connectivity index (χ2v) is 3.40. The zero-order valence-electron chi connectivity index (χ0n) is 9.38. The van der Waals surface area contributed by atoms with Gasteiger partial charge in [0.15, 0.2) is 5.82 Å². The number of aromatic nitrogens is 1. The maximum atomic E-state index is 5.58. The van der Waals surface area contributed by atoms with Gasteiger partial charge in [-0.15, -0.1) is 0 Å². The maximum absolute atomic E-state index is 5.58. The Hall–Kier alpha value is -2.43. The molecule has 0 fully saturated rings. The molecule has 0 atom stereocenters. The van der Waals surface area contributed by atoms with E-state index in [0.29, 0.717) is 17.3 Å². The van der Waals surface area contributed by atoms with Crippen molar-refractivity contribution in [2.75, 3.05) is 18.6 Å². The molecule has 0 aliphatic heterocycles. The third-order valence-corrected chi connectivity index (χ3v) is 2.21. The third kappa shape index (κ3) is 2.57. The van der Waals surface area contributed by atoms with Crippen LogP contribution in [0.25, 0.3) is 0 Å². The van der Waals surface area contributed by atoms with Gasteiger partial charge in [-0.1, -0.05) is 0 Å². The van der Waals surface area contributed by atoms with Crippen LogP contribution < -0.4 is 20.9 Å². The SMILES string of the molecule is COc1ccc(Oc2ccc(N)c(N)n2)cc1. The van der Waals surface area contributed by atoms with E-state index < -0.39 is 0 Å². The molecular formula is C12H13N3O2. The van der Waals surface area contributed by atoms with Crippen molar-refractivity contribution in [3.63, 3.8) is 0 Å². The van der Waals surface area contributed by atoms with Gasteiger partial charge < -0.3 is 20.9 Å². The van der Waals surface area contributed by atoms with Gasteiger partial charge >= 0.3 is 0 Å². The third-order valence-electron chi connectivity index (χ3n) is 2.21. The number of rotatable bonds is 3. The topological polar surface area (TPSA) is 83.4 Å². The lowest BCUT2D eigenvalue weighted by Gasteiger charge is -2.07. The average molecular weight is 231 g/mol. The second-order valence-electron chi connectivity index (χ2n) is 3.40. The molecule has 0 spiro atoms. The molecule has 0 amide bonds. The summed E-state index contributed by atoms with van der Waals surface area (Å²) in [5, 5.41) is 0. The van der Waals surface area contributed by atoms with Crippen LogP contribution in [0, 0.1) is 0 Å². The minimum absolute atomic E-state index is 0.260. The van der Waals surface area contributed by atoms with Crippen LogP contribution in [-0.4, -0.2) is 12.1 Å². The Labute approximate surface area is 99.0 Å². The summed E-state index contributed by atoms with van der Waals surface area (Å²) < 4.78 is 10.6. The standard InChI is InChI=1S/C12H13N3O2/c1-16-8-2-4-9(5-3-8)17-11-7-6-10(13)12(14)15-11/h2-7H,13H2,1H3,(H2,14,15). The molecule has 1 aromatic heterocycles. The van der Waals surface area contributed by atoms with E-state index in [0.717, 1.165) is 5.75 Å². The normalized spacial score (nSPS) is 9.94. The number of ether oxygens (including phenoxy) is 2. The van der Waals surface area contributed by atoms with Gasteiger partial charge in [-0.05, 0) is 30.3 Å². The molecule has 0 saturated heterocycles. The summed E-state index contributed by atoms with van der Waals surface area (Å²) in [6, 6.07) is 10.5. The monoisotopic (exact) mass is 231 g/mol. The number of anilines is 2. The summed E-state index contributed by atoms with van der Waals surface area (Å²) in [5.41, 5.74) is 11.6. The lowest BCUT2D eigenvalue weighted by Crippen LogP contribution is -1.98. The van der Waals surface area contributed by atoms with E-state index in [-0.39, 0.29) is 5.82 Å². The summed E-state index contributed by atoms with van der Waals surface area (Å²) in [6.45, 7) is 0. The molecule has 2 rings (SSSR count). The van der Waals surface area contributed by atoms with Crippen LogP contribution in [0.5, 0.6) is 17.4 Å². The fraction of sp³-hybridized carbons (Fsp3) is 0.0833. The van der Waals surface area contributed by atoms with Gasteiger partial charge in [0.05, 0.1) is 12.8 Å². The number of nitrogens with two attached hydrogens (primary N) is 2. The largest absolute Gasteiger partial charge is 0.497 e. The zero-order valence-corrected chi connectivity index (χ0v) is 9.38. The molecule has 0 aliphatic rings. The predicted molar refractivity (Wildman–Crippen MR) is 66.1 cm³/mol. The molecule has 0 saturated carbocycles. The molecule has 0 aliphatic carbocycles. The van der Waals surface area contributed by atoms with Crippen LogP contribution in [0.1, 0.15) is 0 Å². The Morgan fingerprint density at radius 3 is 2.18 bits per heavy atom. The van der Waals surface area contributed by atoms with Crippen molar-refractivity contribution in [2.24, 2.45) is 0 Å². The van der Waals surface area contributed by atoms with E-state index >= 15 is 0 Å². The molecule has 0 radical (unpaired) electrons. The lowest BCUT2D eigenvalue weighted by molar-refractivity contribution is 0.412. The minimum Gasteiger partial charge on any atom is -0.497 e. The van der Waals surface area contributed by atoms with Crippen molar-refractivity contribution < 1.29 is 9.47 Å². The first kappa shape index (κ1) is 11.1. The van der Waals surface area contributed by atoms with Gasteiger partial charge in [-0.2, -0.15) is 4.98 Å². The minimum atomic E-state index is 0.260. The first-order valence-electron chi connectivity index (χ1n) is 5.03. The van der Waals surface area contributed by atoms with Crippen LogP contribution in [-0.2, 0) is 0 Å². The molecule has 2 aromatic rings. The van der Waals surface area contributed by atoms with Gasteiger partial charge in [-0.3, -0.25) is 0 Å². The molecule has 0 bridgehead atoms. The number of benzene rings is 1. The Balaban J connectivity index is 2.16. The zero-order chi connectivity index (χ0) is 12.3. The van der Waals surface area contributed by atoms with Crippen LogP contribution in [0.2, 0.25) is 0 Å². The molecular weight excluding hydrogens is 218 g/mol. The van der Waals surface area contributed by atoms with Crippen molar-refractivity contribution in [1.29, 1.82) is 0 Å². The lowest BCUT2D eigenvalue weighted by atomic mass is 10.3. The molecule has 5 heteroatoms. The van der Waals surface area contributed by atoms with Crippen LogP contribution in [0.3, 0.4) is 0 Å². The molecule has 88 valence electrons. The smallest absolute Gasteiger partial charge is 0.221 e. The highest BCUT2D eigenvalue weighted by Crippen LogP contribution is 2.24. The van der Waals surface area contributed by atoms with Gasteiger partial charge in [-0.25, -0.2) is 0 Å². The van der Waals surface area contributed by atoms with E-state index in [9.17, 15) is 0 Å². The highest BCUT2D eigenvalue weighted by Gasteiger charge is 2.02. The molecule has 1 aromatic carbocycles. The molecule has 4 N–H and O–H groups in total. The highest BCUT2D eigenvalue weighted by atomic mass is 16.5. The van der Waals surface area contributed by atoms with Crippen molar-refractivity contribution in [3.8, 4) is 17.4 Å². The summed E-state index contributed by atoms with van der Waals surface area (Å²) in [5.74, 6) is 2.09. The fourth-order valence-electron chi connectivity index (χ4n) is 1.29. The van der Waals surface area contributed by atoms with E-state index in [1.54, 1.807) is 43.5 Å². The van der Waals surface area contributed by atoms with E-state index in [4.69, 9.17) is 20.9 Å². The number of methoxy groups -OCH3 is 1. The van der Waals surface area contributed by atoms with Gasteiger partial charge in [0.2, 0.25) is 5.88 Å². The predicted octanol–water partition coefficient (Wildman–Crippen LogP) is 2.05. The summed E-state index contributed by atoms with van der Waals surface area (Å²) >= 11 is 0. The number of hydrogen-bond acceptors (Lipinski definition) is 5. The van der Waals surface area contributed by atoms with Gasteiger partial charge in [0.1, 0.15) is 11.5 Å². The highest BCUT2D eigenvalue weighted by molar-refractivity contribution is 5.58. The summed E-state index contributed by atoms with van der Waals surface area (Å²) in [4.78, 5) is 4.01. The average Bonchev–Trinajstić information content (AvgIpc) is 2.35. The first-order valence-corrected chi connectivity index (χ1v) is 5.03. The van der Waals surface area contributed by atoms with E-state index in [1.165, 1.54) is 0 Å². The molecule has 17 heavy (non-hydrogen) atoms. The van der Waals surface area contributed by atoms with E-state index in [1.807, 2.05) is 0 Å². The van der Waals surface area contributed by atoms with Crippen LogP contribution in [0.4, 0.5) is 11.5 Å². The number of nitrogen functional groups attached to an aromatic ring is 2. The van der Waals surface area contributed by atoms with E-state index in [2.05, 4.69) is 4.98 Å². The van der Waals surface area contributed by atoms with Crippen LogP contribution >= 0.6 is 0 Å². The summed E-state index contributed by atoms with van der Waals surface area (Å²) in [7, 11) is 1.61. The summed E-state index contributed by atoms with van der Waals surface area (Å²) in [6.07, 6.45) is 0. The van der Waals surface area contributed by atoms with Gasteiger partial charge in [0.25, 0.3) is 0 Å². The van der Waals surface area contributed by atoms with Crippen molar-refractivity contribution in [3.05, 3.63) is 36.4 Å². The van der Waals surface area contributed by atoms with Crippen molar-refractivity contribution >= 4 is 11.5 Å². The molecule has 1 heterocycles. The molecule has 5 nitrogen and oxygen atoms in total. The fourth-order valence-corrected chi connectivity index (χ4v) is 1.29. The number of hydrogen-bond donors (Lipinski definition) is 2. The quantitative estimate of drug-likeness (QED) is 0.844. The molecule has 0 unspecified atom stereocenters. The Morgan fingerprint density at radius 2 is 1.59 bits per heavy atom. The Bertz CT molecular complexity index is 512. The number of nitrogens with zero attached hydrogens (tertiary/aromatic N) is 1. The van der Waals surface area contributed by atoms with Crippen LogP contribution in [0.15, 0.2) is 36.4 Å². The second kappa shape index (κ2) is 4.61. The van der Waals surface area contributed by atoms with Crippen molar-refractivity contribution in [1.82, 2.24) is 4.98 Å². The first-order chi connectivity index (χ1) is 8.19. The maximum Gasteiger partial charge on any atom is 0.221 e. The van der Waals surface area contributed by atoms with Gasteiger partial charge in [0, 0.05) is 6.07 Å².